The Bertz CT molecular complexity index is 879. The van der Waals surface area contributed by atoms with Gasteiger partial charge in [0.15, 0.2) is 5.82 Å². The summed E-state index contributed by atoms with van der Waals surface area (Å²) in [5.74, 6) is 1.62. The summed E-state index contributed by atoms with van der Waals surface area (Å²) in [5, 5.41) is 1.12. The molecule has 0 aliphatic heterocycles. The molecule has 0 amide bonds. The van der Waals surface area contributed by atoms with Crippen molar-refractivity contribution in [3.63, 3.8) is 0 Å². The topological polar surface area (TPSA) is 82.8 Å². The minimum Gasteiger partial charge on any atom is -0.382 e. The van der Waals surface area contributed by atoms with E-state index in [4.69, 9.17) is 16.5 Å². The number of pyridine rings is 1. The second-order valence-electron chi connectivity index (χ2n) is 7.63. The SMILES string of the molecule is CCCCc1nc2c(N)nc3ccccc3c2n1CC(C)(C)CCN. The fourth-order valence-electron chi connectivity index (χ4n) is 3.50. The van der Waals surface area contributed by atoms with Gasteiger partial charge in [-0.25, -0.2) is 9.97 Å². The lowest BCUT2D eigenvalue weighted by molar-refractivity contribution is 0.286. The van der Waals surface area contributed by atoms with Gasteiger partial charge in [-0.1, -0.05) is 45.4 Å². The molecule has 0 fully saturated rings. The van der Waals surface area contributed by atoms with Crippen molar-refractivity contribution in [2.75, 3.05) is 12.3 Å². The molecule has 0 saturated carbocycles. The Labute approximate surface area is 149 Å². The van der Waals surface area contributed by atoms with E-state index in [2.05, 4.69) is 36.4 Å². The number of nitrogens with two attached hydrogens (primary N) is 2. The number of nitrogens with zero attached hydrogens (tertiary/aromatic N) is 3. The van der Waals surface area contributed by atoms with Crippen LogP contribution in [-0.4, -0.2) is 21.1 Å². The molecule has 5 heteroatoms. The van der Waals surface area contributed by atoms with Crippen LogP contribution in [0.2, 0.25) is 0 Å². The molecular formula is C20H29N5. The zero-order valence-corrected chi connectivity index (χ0v) is 15.5. The molecule has 3 rings (SSSR count). The quantitative estimate of drug-likeness (QED) is 0.684. The average Bonchev–Trinajstić information content (AvgIpc) is 2.91. The Morgan fingerprint density at radius 1 is 1.16 bits per heavy atom. The summed E-state index contributed by atoms with van der Waals surface area (Å²) < 4.78 is 2.36. The largest absolute Gasteiger partial charge is 0.382 e. The standard InChI is InChI=1S/C20H29N5/c1-4-5-10-16-24-17-18(25(16)13-20(2,3)11-12-21)14-8-6-7-9-15(14)23-19(17)22/h6-9H,4-5,10-13,21H2,1-3H3,(H2,22,23). The number of aryl methyl sites for hydroxylation is 1. The zero-order chi connectivity index (χ0) is 18.0. The first kappa shape index (κ1) is 17.7. The Balaban J connectivity index is 2.25. The van der Waals surface area contributed by atoms with Crippen molar-refractivity contribution in [2.45, 2.75) is 53.0 Å². The van der Waals surface area contributed by atoms with Gasteiger partial charge in [0.25, 0.3) is 0 Å². The molecule has 2 aromatic heterocycles. The second-order valence-corrected chi connectivity index (χ2v) is 7.63. The minimum atomic E-state index is 0.0997. The lowest BCUT2D eigenvalue weighted by atomic mass is 9.89. The number of unbranched alkanes of at least 4 members (excludes halogenated alkanes) is 1. The summed E-state index contributed by atoms with van der Waals surface area (Å²) in [6.07, 6.45) is 4.19. The van der Waals surface area contributed by atoms with Gasteiger partial charge in [-0.3, -0.25) is 0 Å². The third kappa shape index (κ3) is 3.47. The first-order valence-electron chi connectivity index (χ1n) is 9.20. The average molecular weight is 339 g/mol. The van der Waals surface area contributed by atoms with Gasteiger partial charge in [-0.15, -0.1) is 0 Å². The molecule has 134 valence electrons. The van der Waals surface area contributed by atoms with E-state index in [0.717, 1.165) is 60.0 Å². The van der Waals surface area contributed by atoms with E-state index in [1.165, 1.54) is 0 Å². The molecule has 2 heterocycles. The molecule has 0 unspecified atom stereocenters. The highest BCUT2D eigenvalue weighted by Crippen LogP contribution is 2.32. The number of hydrogen-bond acceptors (Lipinski definition) is 4. The van der Waals surface area contributed by atoms with E-state index < -0.39 is 0 Å². The first-order chi connectivity index (χ1) is 12.0. The number of benzene rings is 1. The number of hydrogen-bond donors (Lipinski definition) is 2. The predicted octanol–water partition coefficient (Wildman–Crippen LogP) is 3.88. The van der Waals surface area contributed by atoms with Crippen LogP contribution in [0.4, 0.5) is 5.82 Å². The van der Waals surface area contributed by atoms with Crippen LogP contribution in [-0.2, 0) is 13.0 Å². The van der Waals surface area contributed by atoms with E-state index in [9.17, 15) is 0 Å². The number of fused-ring (bicyclic) bond motifs is 3. The molecule has 1 aromatic carbocycles. The predicted molar refractivity (Wildman–Crippen MR) is 106 cm³/mol. The van der Waals surface area contributed by atoms with Crippen molar-refractivity contribution in [1.29, 1.82) is 0 Å². The number of imidazole rings is 1. The van der Waals surface area contributed by atoms with Crippen LogP contribution in [0.15, 0.2) is 24.3 Å². The van der Waals surface area contributed by atoms with Crippen LogP contribution in [0.3, 0.4) is 0 Å². The fraction of sp³-hybridized carbons (Fsp3) is 0.500. The van der Waals surface area contributed by atoms with Crippen molar-refractivity contribution < 1.29 is 0 Å². The van der Waals surface area contributed by atoms with Gasteiger partial charge >= 0.3 is 0 Å². The minimum absolute atomic E-state index is 0.0997. The monoisotopic (exact) mass is 339 g/mol. The molecule has 0 aliphatic rings. The summed E-state index contributed by atoms with van der Waals surface area (Å²) >= 11 is 0. The van der Waals surface area contributed by atoms with Gasteiger partial charge < -0.3 is 16.0 Å². The molecule has 0 bridgehead atoms. The molecule has 0 spiro atoms. The maximum atomic E-state index is 6.25. The maximum Gasteiger partial charge on any atom is 0.152 e. The van der Waals surface area contributed by atoms with Crippen LogP contribution in [0.5, 0.6) is 0 Å². The third-order valence-electron chi connectivity index (χ3n) is 4.85. The van der Waals surface area contributed by atoms with Crippen molar-refractivity contribution in [3.8, 4) is 0 Å². The number of para-hydroxylation sites is 1. The summed E-state index contributed by atoms with van der Waals surface area (Å²) in [7, 11) is 0. The van der Waals surface area contributed by atoms with Gasteiger partial charge in [0.1, 0.15) is 11.3 Å². The van der Waals surface area contributed by atoms with Crippen molar-refractivity contribution in [2.24, 2.45) is 11.1 Å². The molecule has 0 aliphatic carbocycles. The first-order valence-corrected chi connectivity index (χ1v) is 9.20. The van der Waals surface area contributed by atoms with Gasteiger partial charge in [-0.05, 0) is 30.9 Å². The van der Waals surface area contributed by atoms with E-state index in [1.807, 2.05) is 18.2 Å². The van der Waals surface area contributed by atoms with E-state index in [0.29, 0.717) is 12.4 Å². The maximum absolute atomic E-state index is 6.25. The number of aromatic nitrogens is 3. The highest BCUT2D eigenvalue weighted by atomic mass is 15.1. The van der Waals surface area contributed by atoms with E-state index in [-0.39, 0.29) is 5.41 Å². The lowest BCUT2D eigenvalue weighted by Crippen LogP contribution is -2.24. The Kier molecular flexibility index (Phi) is 4.95. The molecular weight excluding hydrogens is 310 g/mol. The third-order valence-corrected chi connectivity index (χ3v) is 4.85. The van der Waals surface area contributed by atoms with Gasteiger partial charge in [0.05, 0.1) is 11.0 Å². The molecule has 0 saturated heterocycles. The summed E-state index contributed by atoms with van der Waals surface area (Å²) in [4.78, 5) is 9.44. The Morgan fingerprint density at radius 3 is 2.64 bits per heavy atom. The van der Waals surface area contributed by atoms with E-state index >= 15 is 0 Å². The smallest absolute Gasteiger partial charge is 0.152 e. The molecule has 0 atom stereocenters. The van der Waals surface area contributed by atoms with Crippen LogP contribution < -0.4 is 11.5 Å². The van der Waals surface area contributed by atoms with Crippen LogP contribution in [0.1, 0.15) is 45.9 Å². The molecule has 4 N–H and O–H groups in total. The van der Waals surface area contributed by atoms with Gasteiger partial charge in [0, 0.05) is 18.4 Å². The fourth-order valence-corrected chi connectivity index (χ4v) is 3.50. The van der Waals surface area contributed by atoms with Gasteiger partial charge in [0.2, 0.25) is 0 Å². The van der Waals surface area contributed by atoms with Crippen molar-refractivity contribution >= 4 is 27.8 Å². The summed E-state index contributed by atoms with van der Waals surface area (Å²) in [6, 6.07) is 8.17. The molecule has 0 radical (unpaired) electrons. The highest BCUT2D eigenvalue weighted by Gasteiger charge is 2.23. The second kappa shape index (κ2) is 7.00. The van der Waals surface area contributed by atoms with Crippen LogP contribution in [0, 0.1) is 5.41 Å². The van der Waals surface area contributed by atoms with E-state index in [1.54, 1.807) is 0 Å². The molecule has 5 nitrogen and oxygen atoms in total. The summed E-state index contributed by atoms with van der Waals surface area (Å²) in [5.41, 5.74) is 15.0. The van der Waals surface area contributed by atoms with Crippen molar-refractivity contribution in [3.05, 3.63) is 30.1 Å². The van der Waals surface area contributed by atoms with Crippen LogP contribution in [0.25, 0.3) is 21.9 Å². The summed E-state index contributed by atoms with van der Waals surface area (Å²) in [6.45, 7) is 8.31. The van der Waals surface area contributed by atoms with Crippen molar-refractivity contribution in [1.82, 2.24) is 14.5 Å². The Hall–Kier alpha value is -2.14. The molecule has 3 aromatic rings. The van der Waals surface area contributed by atoms with Crippen LogP contribution >= 0.6 is 0 Å². The molecule has 25 heavy (non-hydrogen) atoms. The highest BCUT2D eigenvalue weighted by molar-refractivity contribution is 6.06. The lowest BCUT2D eigenvalue weighted by Gasteiger charge is -2.26. The zero-order valence-electron chi connectivity index (χ0n) is 15.5. The number of nitrogen functional groups attached to an aromatic ring is 1. The number of rotatable bonds is 7. The van der Waals surface area contributed by atoms with Gasteiger partial charge in [-0.2, -0.15) is 0 Å². The Morgan fingerprint density at radius 2 is 1.92 bits per heavy atom. The number of anilines is 1. The normalized spacial score (nSPS) is 12.3.